The maximum absolute atomic E-state index is 13.0. The van der Waals surface area contributed by atoms with Gasteiger partial charge in [-0.3, -0.25) is 4.79 Å². The highest BCUT2D eigenvalue weighted by atomic mass is 19.2. The fourth-order valence-electron chi connectivity index (χ4n) is 1.87. The van der Waals surface area contributed by atoms with E-state index < -0.39 is 17.5 Å². The zero-order valence-electron chi connectivity index (χ0n) is 11.3. The first-order valence-electron chi connectivity index (χ1n) is 6.52. The molecule has 0 bridgehead atoms. The lowest BCUT2D eigenvalue weighted by atomic mass is 10.1. The molecule has 5 heteroatoms. The van der Waals surface area contributed by atoms with E-state index in [9.17, 15) is 13.6 Å². The fraction of sp³-hybridized carbons (Fsp3) is 0.188. The number of carbonyl (C=O) groups is 1. The number of hydrogen-bond donors (Lipinski definition) is 2. The summed E-state index contributed by atoms with van der Waals surface area (Å²) in [5.74, 6) is -2.46. The summed E-state index contributed by atoms with van der Waals surface area (Å²) in [6.07, 6.45) is 0.612. The number of amides is 1. The van der Waals surface area contributed by atoms with Gasteiger partial charge in [-0.1, -0.05) is 24.3 Å². The molecule has 0 aliphatic heterocycles. The van der Waals surface area contributed by atoms with Gasteiger partial charge in [0.05, 0.1) is 6.61 Å². The van der Waals surface area contributed by atoms with Gasteiger partial charge in [0.1, 0.15) is 0 Å². The van der Waals surface area contributed by atoms with Gasteiger partial charge in [0.2, 0.25) is 0 Å². The third-order valence-corrected chi connectivity index (χ3v) is 3.09. The van der Waals surface area contributed by atoms with Crippen LogP contribution in [0, 0.1) is 11.6 Å². The number of aliphatic hydroxyl groups is 1. The highest BCUT2D eigenvalue weighted by Gasteiger charge is 2.09. The van der Waals surface area contributed by atoms with Crippen LogP contribution < -0.4 is 5.32 Å². The highest BCUT2D eigenvalue weighted by Crippen LogP contribution is 2.09. The molecular formula is C16H15F2NO2. The number of nitrogens with one attached hydrogen (secondary N) is 1. The molecule has 0 radical (unpaired) electrons. The first kappa shape index (κ1) is 15.1. The standard InChI is InChI=1S/C16H15F2NO2/c17-14-6-5-13(9-15(14)18)16(21)19-8-7-11-1-3-12(10-20)4-2-11/h1-6,9,20H,7-8,10H2,(H,19,21). The van der Waals surface area contributed by atoms with Crippen LogP contribution in [0.3, 0.4) is 0 Å². The molecule has 0 saturated carbocycles. The topological polar surface area (TPSA) is 49.3 Å². The molecule has 0 unspecified atom stereocenters. The molecule has 1 amide bonds. The lowest BCUT2D eigenvalue weighted by Crippen LogP contribution is -2.25. The van der Waals surface area contributed by atoms with E-state index in [4.69, 9.17) is 5.11 Å². The molecule has 0 spiro atoms. The van der Waals surface area contributed by atoms with Crippen LogP contribution in [0.4, 0.5) is 8.78 Å². The van der Waals surface area contributed by atoms with Crippen molar-refractivity contribution in [3.05, 3.63) is 70.8 Å². The lowest BCUT2D eigenvalue weighted by Gasteiger charge is -2.06. The van der Waals surface area contributed by atoms with E-state index in [1.54, 1.807) is 0 Å². The van der Waals surface area contributed by atoms with E-state index in [1.165, 1.54) is 6.07 Å². The summed E-state index contributed by atoms with van der Waals surface area (Å²) in [5, 5.41) is 11.6. The number of hydrogen-bond acceptors (Lipinski definition) is 2. The minimum Gasteiger partial charge on any atom is -0.392 e. The second-order valence-corrected chi connectivity index (χ2v) is 4.61. The third kappa shape index (κ3) is 4.10. The minimum atomic E-state index is -1.04. The van der Waals surface area contributed by atoms with Gasteiger partial charge in [-0.2, -0.15) is 0 Å². The van der Waals surface area contributed by atoms with Crippen LogP contribution in [-0.4, -0.2) is 17.6 Å². The minimum absolute atomic E-state index is 0.00680. The summed E-state index contributed by atoms with van der Waals surface area (Å²) in [7, 11) is 0. The van der Waals surface area contributed by atoms with E-state index in [-0.39, 0.29) is 12.2 Å². The summed E-state index contributed by atoms with van der Waals surface area (Å²) in [6, 6.07) is 10.4. The number of halogens is 2. The Morgan fingerprint density at radius 3 is 2.29 bits per heavy atom. The van der Waals surface area contributed by atoms with Crippen molar-refractivity contribution in [1.29, 1.82) is 0 Å². The molecule has 0 atom stereocenters. The quantitative estimate of drug-likeness (QED) is 0.889. The Labute approximate surface area is 121 Å². The molecule has 3 nitrogen and oxygen atoms in total. The first-order chi connectivity index (χ1) is 10.1. The average molecular weight is 291 g/mol. The van der Waals surface area contributed by atoms with E-state index in [1.807, 2.05) is 24.3 Å². The van der Waals surface area contributed by atoms with E-state index >= 15 is 0 Å². The van der Waals surface area contributed by atoms with Crippen LogP contribution in [0.25, 0.3) is 0 Å². The second kappa shape index (κ2) is 6.95. The van der Waals surface area contributed by atoms with Crippen molar-refractivity contribution in [3.63, 3.8) is 0 Å². The smallest absolute Gasteiger partial charge is 0.251 e. The molecule has 2 aromatic carbocycles. The van der Waals surface area contributed by atoms with E-state index in [2.05, 4.69) is 5.32 Å². The molecule has 110 valence electrons. The second-order valence-electron chi connectivity index (χ2n) is 4.61. The van der Waals surface area contributed by atoms with Gasteiger partial charge in [-0.05, 0) is 35.7 Å². The van der Waals surface area contributed by atoms with Gasteiger partial charge in [0.25, 0.3) is 5.91 Å². The molecule has 2 rings (SSSR count). The fourth-order valence-corrected chi connectivity index (χ4v) is 1.87. The summed E-state index contributed by atoms with van der Waals surface area (Å²) >= 11 is 0. The molecule has 0 aliphatic rings. The van der Waals surface area contributed by atoms with Gasteiger partial charge < -0.3 is 10.4 Å². The Morgan fingerprint density at radius 2 is 1.67 bits per heavy atom. The number of carbonyl (C=O) groups excluding carboxylic acids is 1. The first-order valence-corrected chi connectivity index (χ1v) is 6.52. The molecule has 2 N–H and O–H groups in total. The zero-order valence-corrected chi connectivity index (χ0v) is 11.3. The van der Waals surface area contributed by atoms with Crippen LogP contribution in [0.5, 0.6) is 0 Å². The van der Waals surface area contributed by atoms with Crippen molar-refractivity contribution in [2.24, 2.45) is 0 Å². The van der Waals surface area contributed by atoms with E-state index in [0.29, 0.717) is 13.0 Å². The van der Waals surface area contributed by atoms with Crippen molar-refractivity contribution in [2.75, 3.05) is 6.54 Å². The summed E-state index contributed by atoms with van der Waals surface area (Å²) in [5.41, 5.74) is 1.92. The Kier molecular flexibility index (Phi) is 5.00. The van der Waals surface area contributed by atoms with Gasteiger partial charge in [0, 0.05) is 12.1 Å². The van der Waals surface area contributed by atoms with Crippen molar-refractivity contribution < 1.29 is 18.7 Å². The van der Waals surface area contributed by atoms with Gasteiger partial charge in [0.15, 0.2) is 11.6 Å². The predicted molar refractivity (Wildman–Crippen MR) is 74.8 cm³/mol. The average Bonchev–Trinajstić information content (AvgIpc) is 2.50. The molecule has 0 aromatic heterocycles. The Hall–Kier alpha value is -2.27. The Bertz CT molecular complexity index is 627. The molecular weight excluding hydrogens is 276 g/mol. The number of benzene rings is 2. The van der Waals surface area contributed by atoms with E-state index in [0.717, 1.165) is 23.3 Å². The number of rotatable bonds is 5. The largest absolute Gasteiger partial charge is 0.392 e. The Balaban J connectivity index is 1.87. The monoisotopic (exact) mass is 291 g/mol. The molecule has 0 aliphatic carbocycles. The third-order valence-electron chi connectivity index (χ3n) is 3.09. The summed E-state index contributed by atoms with van der Waals surface area (Å²) in [6.45, 7) is 0.378. The molecule has 2 aromatic rings. The summed E-state index contributed by atoms with van der Waals surface area (Å²) < 4.78 is 25.8. The van der Waals surface area contributed by atoms with Crippen molar-refractivity contribution >= 4 is 5.91 Å². The maximum Gasteiger partial charge on any atom is 0.251 e. The molecule has 0 fully saturated rings. The van der Waals surface area contributed by atoms with Crippen molar-refractivity contribution in [2.45, 2.75) is 13.0 Å². The van der Waals surface area contributed by atoms with Gasteiger partial charge in [-0.15, -0.1) is 0 Å². The molecule has 0 heterocycles. The van der Waals surface area contributed by atoms with Crippen LogP contribution in [-0.2, 0) is 13.0 Å². The SMILES string of the molecule is O=C(NCCc1ccc(CO)cc1)c1ccc(F)c(F)c1. The maximum atomic E-state index is 13.0. The predicted octanol–water partition coefficient (Wildman–Crippen LogP) is 2.43. The van der Waals surface area contributed by atoms with Gasteiger partial charge in [-0.25, -0.2) is 8.78 Å². The van der Waals surface area contributed by atoms with Crippen molar-refractivity contribution in [1.82, 2.24) is 5.32 Å². The van der Waals surface area contributed by atoms with Crippen LogP contribution >= 0.6 is 0 Å². The Morgan fingerprint density at radius 1 is 1.00 bits per heavy atom. The van der Waals surface area contributed by atoms with Crippen molar-refractivity contribution in [3.8, 4) is 0 Å². The van der Waals surface area contributed by atoms with Gasteiger partial charge >= 0.3 is 0 Å². The molecule has 21 heavy (non-hydrogen) atoms. The zero-order chi connectivity index (χ0) is 15.2. The van der Waals surface area contributed by atoms with Crippen LogP contribution in [0.1, 0.15) is 21.5 Å². The lowest BCUT2D eigenvalue weighted by molar-refractivity contribution is 0.0953. The number of aliphatic hydroxyl groups excluding tert-OH is 1. The molecule has 0 saturated heterocycles. The van der Waals surface area contributed by atoms with Crippen LogP contribution in [0.15, 0.2) is 42.5 Å². The normalized spacial score (nSPS) is 10.4. The van der Waals surface area contributed by atoms with Crippen LogP contribution in [0.2, 0.25) is 0 Å². The highest BCUT2D eigenvalue weighted by molar-refractivity contribution is 5.94. The summed E-state index contributed by atoms with van der Waals surface area (Å²) in [4.78, 5) is 11.8.